The molecular weight excluding hydrogens is 423 g/mol. The van der Waals surface area contributed by atoms with Crippen LogP contribution in [0.5, 0.6) is 0 Å². The molecule has 0 bridgehead atoms. The van der Waals surface area contributed by atoms with Crippen molar-refractivity contribution in [3.8, 4) is 0 Å². The Balaban J connectivity index is 1.69. The predicted molar refractivity (Wildman–Crippen MR) is 128 cm³/mol. The Morgan fingerprint density at radius 2 is 1.75 bits per heavy atom. The van der Waals surface area contributed by atoms with Gasteiger partial charge in [-0.1, -0.05) is 37.8 Å². The molecule has 0 radical (unpaired) electrons. The topological polar surface area (TPSA) is 40.6 Å². The number of thiophene rings is 1. The molecule has 174 valence electrons. The summed E-state index contributed by atoms with van der Waals surface area (Å²) in [5.41, 5.74) is 2.03. The maximum atomic E-state index is 13.4. The third kappa shape index (κ3) is 6.89. The van der Waals surface area contributed by atoms with Gasteiger partial charge in [0.05, 0.1) is 13.1 Å². The zero-order valence-electron chi connectivity index (χ0n) is 19.5. The molecule has 1 heterocycles. The van der Waals surface area contributed by atoms with E-state index < -0.39 is 0 Å². The summed E-state index contributed by atoms with van der Waals surface area (Å²) in [6.07, 6.45) is 6.42. The average Bonchev–Trinajstić information content (AvgIpc) is 3.43. The molecule has 0 aliphatic heterocycles. The van der Waals surface area contributed by atoms with Crippen molar-refractivity contribution in [2.75, 3.05) is 6.54 Å². The summed E-state index contributed by atoms with van der Waals surface area (Å²) in [6.45, 7) is 6.93. The second kappa shape index (κ2) is 11.6. The minimum Gasteiger partial charge on any atom is -0.332 e. The van der Waals surface area contributed by atoms with Gasteiger partial charge in [0.1, 0.15) is 5.82 Å². The van der Waals surface area contributed by atoms with Gasteiger partial charge in [-0.05, 0) is 67.8 Å². The van der Waals surface area contributed by atoms with Gasteiger partial charge in [0, 0.05) is 23.9 Å². The Bertz CT molecular complexity index is 887. The van der Waals surface area contributed by atoms with E-state index in [0.717, 1.165) is 22.4 Å². The molecule has 2 amide bonds. The van der Waals surface area contributed by atoms with Crippen LogP contribution in [0.15, 0.2) is 35.7 Å². The molecule has 4 nitrogen and oxygen atoms in total. The lowest BCUT2D eigenvalue weighted by Gasteiger charge is -2.30. The van der Waals surface area contributed by atoms with Crippen molar-refractivity contribution in [1.29, 1.82) is 0 Å². The first kappa shape index (κ1) is 24.4. The van der Waals surface area contributed by atoms with Crippen LogP contribution in [0.25, 0.3) is 0 Å². The third-order valence-electron chi connectivity index (χ3n) is 6.43. The highest BCUT2D eigenvalue weighted by atomic mass is 32.1. The molecular formula is C26H35FN2O2S. The van der Waals surface area contributed by atoms with E-state index in [-0.39, 0.29) is 30.2 Å². The minimum atomic E-state index is -0.292. The van der Waals surface area contributed by atoms with E-state index in [2.05, 4.69) is 0 Å². The Labute approximate surface area is 195 Å². The number of rotatable bonds is 10. The number of benzene rings is 1. The fourth-order valence-corrected chi connectivity index (χ4v) is 5.28. The van der Waals surface area contributed by atoms with Crippen molar-refractivity contribution in [2.45, 2.75) is 78.4 Å². The molecule has 1 saturated carbocycles. The summed E-state index contributed by atoms with van der Waals surface area (Å²) in [6, 6.07) is 8.27. The number of carbonyl (C=O) groups is 2. The van der Waals surface area contributed by atoms with Crippen LogP contribution in [0.3, 0.4) is 0 Å². The van der Waals surface area contributed by atoms with E-state index in [4.69, 9.17) is 0 Å². The quantitative estimate of drug-likeness (QED) is 0.443. The standard InChI is InChI=1S/C26H35FN2O2S/c1-19(2)29(25(30)13-10-21-6-4-5-7-21)18-26(31)28(17-24-20(3)14-15-32-24)16-22-8-11-23(27)12-9-22/h8-9,11-12,14-15,19,21H,4-7,10,13,16-18H2,1-3H3. The molecule has 1 aromatic heterocycles. The van der Waals surface area contributed by atoms with Gasteiger partial charge in [0.25, 0.3) is 0 Å². The number of aryl methyl sites for hydroxylation is 1. The molecule has 0 unspecified atom stereocenters. The fourth-order valence-electron chi connectivity index (χ4n) is 4.36. The second-order valence-corrected chi connectivity index (χ2v) is 10.2. The zero-order valence-corrected chi connectivity index (χ0v) is 20.3. The molecule has 1 aromatic carbocycles. The maximum absolute atomic E-state index is 13.4. The molecule has 32 heavy (non-hydrogen) atoms. The Morgan fingerprint density at radius 1 is 1.06 bits per heavy atom. The molecule has 0 saturated heterocycles. The zero-order chi connectivity index (χ0) is 23.1. The summed E-state index contributed by atoms with van der Waals surface area (Å²) in [4.78, 5) is 31.0. The maximum Gasteiger partial charge on any atom is 0.242 e. The first-order valence-electron chi connectivity index (χ1n) is 11.7. The Hall–Kier alpha value is -2.21. The van der Waals surface area contributed by atoms with Gasteiger partial charge >= 0.3 is 0 Å². The summed E-state index contributed by atoms with van der Waals surface area (Å²) >= 11 is 1.63. The highest BCUT2D eigenvalue weighted by Gasteiger charge is 2.25. The number of hydrogen-bond donors (Lipinski definition) is 0. The lowest BCUT2D eigenvalue weighted by molar-refractivity contribution is -0.142. The van der Waals surface area contributed by atoms with Crippen molar-refractivity contribution < 1.29 is 14.0 Å². The summed E-state index contributed by atoms with van der Waals surface area (Å²) in [5, 5.41) is 2.03. The van der Waals surface area contributed by atoms with Crippen molar-refractivity contribution in [2.24, 2.45) is 5.92 Å². The monoisotopic (exact) mass is 458 g/mol. The van der Waals surface area contributed by atoms with Crippen LogP contribution < -0.4 is 0 Å². The van der Waals surface area contributed by atoms with Crippen LogP contribution in [0.1, 0.15) is 68.4 Å². The lowest BCUT2D eigenvalue weighted by atomic mass is 10.0. The predicted octanol–water partition coefficient (Wildman–Crippen LogP) is 5.93. The van der Waals surface area contributed by atoms with Gasteiger partial charge in [0.2, 0.25) is 11.8 Å². The SMILES string of the molecule is Cc1ccsc1CN(Cc1ccc(F)cc1)C(=O)CN(C(=O)CCC1CCCC1)C(C)C. The molecule has 1 fully saturated rings. The third-order valence-corrected chi connectivity index (χ3v) is 7.44. The molecule has 1 aliphatic rings. The molecule has 0 atom stereocenters. The van der Waals surface area contributed by atoms with Gasteiger partial charge < -0.3 is 9.80 Å². The van der Waals surface area contributed by atoms with E-state index in [0.29, 0.717) is 25.4 Å². The van der Waals surface area contributed by atoms with Gasteiger partial charge in [-0.25, -0.2) is 4.39 Å². The van der Waals surface area contributed by atoms with Crippen molar-refractivity contribution >= 4 is 23.2 Å². The summed E-state index contributed by atoms with van der Waals surface area (Å²) in [7, 11) is 0. The highest BCUT2D eigenvalue weighted by molar-refractivity contribution is 7.10. The average molecular weight is 459 g/mol. The van der Waals surface area contributed by atoms with Gasteiger partial charge in [-0.15, -0.1) is 11.3 Å². The van der Waals surface area contributed by atoms with Crippen LogP contribution in [0.2, 0.25) is 0 Å². The number of halogens is 1. The van der Waals surface area contributed by atoms with Crippen molar-refractivity contribution in [3.05, 3.63) is 57.5 Å². The smallest absolute Gasteiger partial charge is 0.242 e. The second-order valence-electron chi connectivity index (χ2n) is 9.21. The van der Waals surface area contributed by atoms with Crippen LogP contribution in [-0.2, 0) is 22.7 Å². The van der Waals surface area contributed by atoms with Crippen LogP contribution in [0.4, 0.5) is 4.39 Å². The first-order valence-corrected chi connectivity index (χ1v) is 12.6. The van der Waals surface area contributed by atoms with E-state index >= 15 is 0 Å². The normalized spacial score (nSPS) is 14.2. The van der Waals surface area contributed by atoms with Crippen LogP contribution in [-0.4, -0.2) is 34.2 Å². The van der Waals surface area contributed by atoms with Gasteiger partial charge in [0.15, 0.2) is 0 Å². The number of nitrogens with zero attached hydrogens (tertiary/aromatic N) is 2. The van der Waals surface area contributed by atoms with Gasteiger partial charge in [-0.3, -0.25) is 9.59 Å². The van der Waals surface area contributed by atoms with E-state index in [9.17, 15) is 14.0 Å². The Kier molecular flexibility index (Phi) is 8.85. The molecule has 3 rings (SSSR count). The van der Waals surface area contributed by atoms with Crippen molar-refractivity contribution in [1.82, 2.24) is 9.80 Å². The number of carbonyl (C=O) groups excluding carboxylic acids is 2. The van der Waals surface area contributed by atoms with Gasteiger partial charge in [-0.2, -0.15) is 0 Å². The number of amides is 2. The largest absolute Gasteiger partial charge is 0.332 e. The summed E-state index contributed by atoms with van der Waals surface area (Å²) in [5.74, 6) is 0.347. The van der Waals surface area contributed by atoms with Crippen LogP contribution in [0, 0.1) is 18.7 Å². The molecule has 2 aromatic rings. The molecule has 6 heteroatoms. The van der Waals surface area contributed by atoms with E-state index in [1.165, 1.54) is 37.8 Å². The van der Waals surface area contributed by atoms with E-state index in [1.807, 2.05) is 32.2 Å². The highest BCUT2D eigenvalue weighted by Crippen LogP contribution is 2.29. The van der Waals surface area contributed by atoms with E-state index in [1.54, 1.807) is 33.3 Å². The lowest BCUT2D eigenvalue weighted by Crippen LogP contribution is -2.45. The molecule has 0 N–H and O–H groups in total. The fraction of sp³-hybridized carbons (Fsp3) is 0.538. The molecule has 1 aliphatic carbocycles. The summed E-state index contributed by atoms with van der Waals surface area (Å²) < 4.78 is 13.4. The Morgan fingerprint density at radius 3 is 2.34 bits per heavy atom. The van der Waals surface area contributed by atoms with Crippen LogP contribution >= 0.6 is 11.3 Å². The van der Waals surface area contributed by atoms with Crippen molar-refractivity contribution in [3.63, 3.8) is 0 Å². The minimum absolute atomic E-state index is 0.0360. The number of hydrogen-bond acceptors (Lipinski definition) is 3. The first-order chi connectivity index (χ1) is 15.3. The molecule has 0 spiro atoms.